The molecule has 2 heterocycles. The number of aromatic carboxylic acids is 1. The van der Waals surface area contributed by atoms with Gasteiger partial charge in [-0.05, 0) is 6.07 Å². The molecule has 8 heteroatoms. The first kappa shape index (κ1) is 12.8. The quantitative estimate of drug-likeness (QED) is 0.791. The monoisotopic (exact) mass is 264 g/mol. The Morgan fingerprint density at radius 1 is 1.53 bits per heavy atom. The van der Waals surface area contributed by atoms with Gasteiger partial charge >= 0.3 is 5.97 Å². The smallest absolute Gasteiger partial charge is 0.374 e. The Morgan fingerprint density at radius 2 is 2.32 bits per heavy atom. The molecular weight excluding hydrogens is 252 g/mol. The lowest BCUT2D eigenvalue weighted by molar-refractivity contribution is 0.0651. The molecule has 0 radical (unpaired) electrons. The minimum atomic E-state index is -1.26. The summed E-state index contributed by atoms with van der Waals surface area (Å²) in [5, 5.41) is 18.6. The minimum absolute atomic E-state index is 0.0533. The summed E-state index contributed by atoms with van der Waals surface area (Å²) >= 11 is 0. The summed E-state index contributed by atoms with van der Waals surface area (Å²) in [7, 11) is 1.81. The molecule has 0 saturated heterocycles. The summed E-state index contributed by atoms with van der Waals surface area (Å²) in [4.78, 5) is 22.2. The fourth-order valence-electron chi connectivity index (χ4n) is 1.52. The van der Waals surface area contributed by atoms with E-state index in [1.165, 1.54) is 0 Å². The summed E-state index contributed by atoms with van der Waals surface area (Å²) in [6, 6.07) is 2.94. The number of rotatable bonds is 5. The maximum Gasteiger partial charge on any atom is 0.374 e. The van der Waals surface area contributed by atoms with Gasteiger partial charge in [0.05, 0.1) is 0 Å². The fourth-order valence-corrected chi connectivity index (χ4v) is 1.52. The van der Waals surface area contributed by atoms with E-state index in [0.717, 1.165) is 11.8 Å². The van der Waals surface area contributed by atoms with Gasteiger partial charge in [-0.25, -0.2) is 4.79 Å². The van der Waals surface area contributed by atoms with Crippen LogP contribution in [0.1, 0.15) is 26.7 Å². The van der Waals surface area contributed by atoms with Crippen molar-refractivity contribution >= 4 is 11.9 Å². The van der Waals surface area contributed by atoms with Crippen molar-refractivity contribution in [3.8, 4) is 0 Å². The molecule has 8 nitrogen and oxygen atoms in total. The molecule has 0 bridgehead atoms. The summed E-state index contributed by atoms with van der Waals surface area (Å²) < 4.78 is 6.21. The largest absolute Gasteiger partial charge is 0.475 e. The van der Waals surface area contributed by atoms with Crippen molar-refractivity contribution < 1.29 is 19.2 Å². The molecule has 0 aromatic carbocycles. The predicted molar refractivity (Wildman–Crippen MR) is 62.7 cm³/mol. The Bertz CT molecular complexity index is 601. The molecule has 2 rings (SSSR count). The number of carboxylic acids is 1. The molecule has 2 aromatic heterocycles. The van der Waals surface area contributed by atoms with Gasteiger partial charge in [0.25, 0.3) is 5.91 Å². The van der Waals surface area contributed by atoms with Crippen LogP contribution >= 0.6 is 0 Å². The molecule has 0 atom stereocenters. The number of aromatic nitrogens is 3. The number of nitrogens with zero attached hydrogens (tertiary/aromatic N) is 3. The topological polar surface area (TPSA) is 110 Å². The highest BCUT2D eigenvalue weighted by molar-refractivity contribution is 5.94. The molecule has 0 saturated carbocycles. The highest BCUT2D eigenvalue weighted by Gasteiger charge is 2.16. The Balaban J connectivity index is 1.87. The zero-order valence-corrected chi connectivity index (χ0v) is 10.2. The molecule has 0 spiro atoms. The second-order valence-corrected chi connectivity index (χ2v) is 3.83. The molecule has 100 valence electrons. The van der Waals surface area contributed by atoms with E-state index in [4.69, 9.17) is 5.11 Å². The molecule has 2 aromatic rings. The molecule has 2 N–H and O–H groups in total. The lowest BCUT2D eigenvalue weighted by Crippen LogP contribution is -2.26. The lowest BCUT2D eigenvalue weighted by atomic mass is 10.3. The number of aryl methyl sites for hydroxylation is 1. The molecule has 0 aliphatic carbocycles. The predicted octanol–water partition coefficient (Wildman–Crippen LogP) is 0.0788. The van der Waals surface area contributed by atoms with Crippen LogP contribution in [0, 0.1) is 0 Å². The van der Waals surface area contributed by atoms with Crippen LogP contribution in [0.15, 0.2) is 22.9 Å². The first-order chi connectivity index (χ1) is 9.08. The maximum atomic E-state index is 11.6. The lowest BCUT2D eigenvalue weighted by Gasteiger charge is -2.03. The normalized spacial score (nSPS) is 10.4. The van der Waals surface area contributed by atoms with Gasteiger partial charge in [-0.2, -0.15) is 5.10 Å². The average molecular weight is 264 g/mol. The minimum Gasteiger partial charge on any atom is -0.475 e. The van der Waals surface area contributed by atoms with Crippen molar-refractivity contribution in [3.63, 3.8) is 0 Å². The van der Waals surface area contributed by atoms with Crippen molar-refractivity contribution in [1.82, 2.24) is 20.3 Å². The van der Waals surface area contributed by atoms with E-state index in [1.54, 1.807) is 10.9 Å². The van der Waals surface area contributed by atoms with Gasteiger partial charge in [-0.1, -0.05) is 5.16 Å². The Hall–Kier alpha value is -2.64. The van der Waals surface area contributed by atoms with Crippen LogP contribution in [-0.4, -0.2) is 38.5 Å². The van der Waals surface area contributed by atoms with E-state index in [1.807, 2.05) is 13.1 Å². The summed E-state index contributed by atoms with van der Waals surface area (Å²) in [6.45, 7) is 0.396. The third-order valence-corrected chi connectivity index (χ3v) is 2.54. The fraction of sp³-hybridized carbons (Fsp3) is 0.273. The highest BCUT2D eigenvalue weighted by atomic mass is 16.5. The van der Waals surface area contributed by atoms with E-state index < -0.39 is 11.9 Å². The van der Waals surface area contributed by atoms with Crippen LogP contribution in [0.4, 0.5) is 0 Å². The van der Waals surface area contributed by atoms with Gasteiger partial charge in [0.1, 0.15) is 0 Å². The van der Waals surface area contributed by atoms with Gasteiger partial charge in [0.2, 0.25) is 5.76 Å². The average Bonchev–Trinajstić information content (AvgIpc) is 2.98. The van der Waals surface area contributed by atoms with E-state index in [0.29, 0.717) is 13.0 Å². The Morgan fingerprint density at radius 3 is 2.89 bits per heavy atom. The van der Waals surface area contributed by atoms with Crippen molar-refractivity contribution in [2.24, 2.45) is 7.05 Å². The number of carbonyl (C=O) groups is 2. The summed E-state index contributed by atoms with van der Waals surface area (Å²) in [5.74, 6) is -2.10. The molecule has 0 aliphatic heterocycles. The van der Waals surface area contributed by atoms with Crippen LogP contribution in [0.5, 0.6) is 0 Å². The molecule has 0 aliphatic rings. The first-order valence-corrected chi connectivity index (χ1v) is 5.53. The second-order valence-electron chi connectivity index (χ2n) is 3.83. The number of hydrogen-bond donors (Lipinski definition) is 2. The van der Waals surface area contributed by atoms with Crippen molar-refractivity contribution in [1.29, 1.82) is 0 Å². The third-order valence-electron chi connectivity index (χ3n) is 2.54. The zero-order chi connectivity index (χ0) is 13.8. The van der Waals surface area contributed by atoms with Gasteiger partial charge in [-0.15, -0.1) is 0 Å². The van der Waals surface area contributed by atoms with Crippen LogP contribution in [0.25, 0.3) is 0 Å². The Labute approximate surface area is 108 Å². The van der Waals surface area contributed by atoms with Crippen LogP contribution < -0.4 is 5.32 Å². The number of carboxylic acid groups (broad SMARTS) is 1. The van der Waals surface area contributed by atoms with Crippen molar-refractivity contribution in [2.45, 2.75) is 6.42 Å². The molecule has 19 heavy (non-hydrogen) atoms. The van der Waals surface area contributed by atoms with Gasteiger partial charge < -0.3 is 14.9 Å². The number of nitrogens with one attached hydrogen (secondary N) is 1. The maximum absolute atomic E-state index is 11.6. The van der Waals surface area contributed by atoms with E-state index in [9.17, 15) is 9.59 Å². The van der Waals surface area contributed by atoms with Gasteiger partial charge in [-0.3, -0.25) is 9.48 Å². The summed E-state index contributed by atoms with van der Waals surface area (Å²) in [6.07, 6.45) is 2.29. The number of amides is 1. The zero-order valence-electron chi connectivity index (χ0n) is 10.2. The molecule has 0 fully saturated rings. The SMILES string of the molecule is Cn1nccc1CCNC(=O)c1cc(C(=O)O)on1. The van der Waals surface area contributed by atoms with E-state index in [-0.39, 0.29) is 11.5 Å². The van der Waals surface area contributed by atoms with Crippen LogP contribution in [0.3, 0.4) is 0 Å². The van der Waals surface area contributed by atoms with Gasteiger partial charge in [0.15, 0.2) is 5.69 Å². The van der Waals surface area contributed by atoms with Crippen molar-refractivity contribution in [3.05, 3.63) is 35.5 Å². The first-order valence-electron chi connectivity index (χ1n) is 5.53. The molecule has 1 amide bonds. The van der Waals surface area contributed by atoms with Crippen molar-refractivity contribution in [2.75, 3.05) is 6.54 Å². The number of carbonyl (C=O) groups excluding carboxylic acids is 1. The van der Waals surface area contributed by atoms with Gasteiger partial charge in [0, 0.05) is 38.0 Å². The standard InChI is InChI=1S/C11H12N4O4/c1-15-7(3-5-13-15)2-4-12-10(16)8-6-9(11(17)18)19-14-8/h3,5-6H,2,4H2,1H3,(H,12,16)(H,17,18). The van der Waals surface area contributed by atoms with E-state index in [2.05, 4.69) is 20.1 Å². The van der Waals surface area contributed by atoms with Crippen LogP contribution in [-0.2, 0) is 13.5 Å². The number of hydrogen-bond acceptors (Lipinski definition) is 5. The van der Waals surface area contributed by atoms with Crippen LogP contribution in [0.2, 0.25) is 0 Å². The Kier molecular flexibility index (Phi) is 3.60. The second kappa shape index (κ2) is 5.34. The third kappa shape index (κ3) is 2.97. The molecular formula is C11H12N4O4. The highest BCUT2D eigenvalue weighted by Crippen LogP contribution is 2.03. The summed E-state index contributed by atoms with van der Waals surface area (Å²) in [5.41, 5.74) is 0.925. The molecule has 0 unspecified atom stereocenters. The van der Waals surface area contributed by atoms with E-state index >= 15 is 0 Å².